The summed E-state index contributed by atoms with van der Waals surface area (Å²) in [5, 5.41) is 2.47. The van der Waals surface area contributed by atoms with Crippen molar-refractivity contribution in [2.75, 3.05) is 11.9 Å². The quantitative estimate of drug-likeness (QED) is 0.613. The number of hydrogen-bond donors (Lipinski definition) is 1. The standard InChI is InChI=1S/C20H21FN2O5/c1-10(20(27)28-9-15(24)22-14-6-4-13(21)5-7-14)23-18(25)16-11-2-3-12(8-11)17(16)19(23)26/h4-7,10-12,16-17H,2-3,8-9H2,1H3,(H,22,24)/t10-,11-,12+,16-,17+/m0/s1. The van der Waals surface area contributed by atoms with Crippen LogP contribution in [0.4, 0.5) is 10.1 Å². The van der Waals surface area contributed by atoms with Crippen LogP contribution in [0.1, 0.15) is 26.2 Å². The summed E-state index contributed by atoms with van der Waals surface area (Å²) >= 11 is 0. The zero-order valence-corrected chi connectivity index (χ0v) is 15.4. The molecule has 4 rings (SSSR count). The summed E-state index contributed by atoms with van der Waals surface area (Å²) in [5.41, 5.74) is 0.365. The maximum Gasteiger partial charge on any atom is 0.329 e. The van der Waals surface area contributed by atoms with E-state index in [1.807, 2.05) is 0 Å². The van der Waals surface area contributed by atoms with Crippen LogP contribution in [0.15, 0.2) is 24.3 Å². The molecule has 0 spiro atoms. The number of fused-ring (bicyclic) bond motifs is 5. The number of nitrogens with one attached hydrogen (secondary N) is 1. The van der Waals surface area contributed by atoms with Crippen LogP contribution in [0.3, 0.4) is 0 Å². The van der Waals surface area contributed by atoms with Crippen LogP contribution >= 0.6 is 0 Å². The van der Waals surface area contributed by atoms with Gasteiger partial charge in [0.1, 0.15) is 11.9 Å². The summed E-state index contributed by atoms with van der Waals surface area (Å²) < 4.78 is 17.9. The Labute approximate surface area is 161 Å². The van der Waals surface area contributed by atoms with E-state index in [0.717, 1.165) is 24.2 Å². The Morgan fingerprint density at radius 3 is 2.29 bits per heavy atom. The highest BCUT2D eigenvalue weighted by Gasteiger charge is 2.62. The van der Waals surface area contributed by atoms with Gasteiger partial charge >= 0.3 is 5.97 Å². The third-order valence-electron chi connectivity index (χ3n) is 6.16. The molecule has 1 heterocycles. The molecule has 148 valence electrons. The number of esters is 1. The molecule has 2 saturated carbocycles. The number of ether oxygens (including phenoxy) is 1. The first-order chi connectivity index (χ1) is 13.4. The molecule has 8 heteroatoms. The molecule has 5 atom stereocenters. The zero-order valence-electron chi connectivity index (χ0n) is 15.4. The molecule has 3 fully saturated rings. The van der Waals surface area contributed by atoms with E-state index in [1.165, 1.54) is 31.2 Å². The molecule has 28 heavy (non-hydrogen) atoms. The van der Waals surface area contributed by atoms with Crippen molar-refractivity contribution in [3.05, 3.63) is 30.1 Å². The van der Waals surface area contributed by atoms with E-state index in [2.05, 4.69) is 5.32 Å². The second kappa shape index (κ2) is 7.00. The number of carbonyl (C=O) groups is 4. The number of likely N-dealkylation sites (tertiary alicyclic amines) is 1. The largest absolute Gasteiger partial charge is 0.454 e. The summed E-state index contributed by atoms with van der Waals surface area (Å²) in [6.45, 7) is 0.883. The SMILES string of the molecule is C[C@@H](C(=O)OCC(=O)Nc1ccc(F)cc1)N1C(=O)[C@@H]2[C@@H]3CC[C@@H](C3)[C@@H]2C1=O. The van der Waals surface area contributed by atoms with Gasteiger partial charge in [0.2, 0.25) is 11.8 Å². The van der Waals surface area contributed by atoms with E-state index >= 15 is 0 Å². The van der Waals surface area contributed by atoms with Gasteiger partial charge in [-0.2, -0.15) is 0 Å². The number of anilines is 1. The molecule has 1 aliphatic heterocycles. The van der Waals surface area contributed by atoms with E-state index < -0.39 is 30.3 Å². The Kier molecular flexibility index (Phi) is 4.64. The Balaban J connectivity index is 1.33. The number of carbonyl (C=O) groups excluding carboxylic acids is 4. The first kappa shape index (κ1) is 18.6. The van der Waals surface area contributed by atoms with Crippen molar-refractivity contribution in [2.45, 2.75) is 32.2 Å². The normalized spacial score (nSPS) is 29.0. The molecule has 1 aromatic carbocycles. The molecule has 0 aromatic heterocycles. The predicted molar refractivity (Wildman–Crippen MR) is 95.1 cm³/mol. The molecule has 0 radical (unpaired) electrons. The van der Waals surface area contributed by atoms with Crippen LogP contribution in [0.25, 0.3) is 0 Å². The molecule has 3 aliphatic rings. The van der Waals surface area contributed by atoms with Crippen LogP contribution in [0.2, 0.25) is 0 Å². The Bertz CT molecular complexity index is 812. The highest BCUT2D eigenvalue weighted by atomic mass is 19.1. The van der Waals surface area contributed by atoms with Crippen molar-refractivity contribution in [2.24, 2.45) is 23.7 Å². The van der Waals surface area contributed by atoms with Gasteiger partial charge in [-0.15, -0.1) is 0 Å². The van der Waals surface area contributed by atoms with Gasteiger partial charge in [-0.25, -0.2) is 9.18 Å². The molecule has 2 bridgehead atoms. The van der Waals surface area contributed by atoms with Crippen LogP contribution in [0.5, 0.6) is 0 Å². The van der Waals surface area contributed by atoms with Crippen LogP contribution in [0, 0.1) is 29.5 Å². The summed E-state index contributed by atoms with van der Waals surface area (Å²) in [6, 6.07) is 4.08. The minimum Gasteiger partial charge on any atom is -0.454 e. The van der Waals surface area contributed by atoms with Gasteiger partial charge in [-0.3, -0.25) is 19.3 Å². The monoisotopic (exact) mass is 388 g/mol. The van der Waals surface area contributed by atoms with Crippen molar-refractivity contribution in [3.63, 3.8) is 0 Å². The van der Waals surface area contributed by atoms with Gasteiger partial charge in [0.05, 0.1) is 11.8 Å². The molecule has 1 aromatic rings. The maximum atomic E-state index is 12.9. The number of imide groups is 1. The summed E-state index contributed by atoms with van der Waals surface area (Å²) in [4.78, 5) is 50.7. The van der Waals surface area contributed by atoms with E-state index in [0.29, 0.717) is 5.69 Å². The van der Waals surface area contributed by atoms with E-state index in [-0.39, 0.29) is 35.5 Å². The average Bonchev–Trinajstić information content (AvgIpc) is 3.35. The van der Waals surface area contributed by atoms with Crippen LogP contribution in [-0.2, 0) is 23.9 Å². The fourth-order valence-corrected chi connectivity index (χ4v) is 4.91. The first-order valence-electron chi connectivity index (χ1n) is 9.45. The number of hydrogen-bond acceptors (Lipinski definition) is 5. The van der Waals surface area contributed by atoms with Gasteiger partial charge < -0.3 is 10.1 Å². The molecule has 1 N–H and O–H groups in total. The van der Waals surface area contributed by atoms with Gasteiger partial charge in [0.15, 0.2) is 6.61 Å². The predicted octanol–water partition coefficient (Wildman–Crippen LogP) is 1.73. The van der Waals surface area contributed by atoms with Crippen molar-refractivity contribution in [1.82, 2.24) is 4.90 Å². The lowest BCUT2D eigenvalue weighted by molar-refractivity contribution is -0.159. The fraction of sp³-hybridized carbons (Fsp3) is 0.500. The Morgan fingerprint density at radius 2 is 1.71 bits per heavy atom. The van der Waals surface area contributed by atoms with Gasteiger partial charge in [-0.05, 0) is 62.3 Å². The molecule has 1 saturated heterocycles. The number of amides is 3. The van der Waals surface area contributed by atoms with Gasteiger partial charge in [0.25, 0.3) is 5.91 Å². The molecule has 3 amide bonds. The average molecular weight is 388 g/mol. The first-order valence-corrected chi connectivity index (χ1v) is 9.45. The summed E-state index contributed by atoms with van der Waals surface area (Å²) in [6.07, 6.45) is 2.84. The lowest BCUT2D eigenvalue weighted by atomic mass is 9.81. The third-order valence-corrected chi connectivity index (χ3v) is 6.16. The Hall–Kier alpha value is -2.77. The summed E-state index contributed by atoms with van der Waals surface area (Å²) in [5.74, 6) is -2.54. The maximum absolute atomic E-state index is 12.9. The highest BCUT2D eigenvalue weighted by molar-refractivity contribution is 6.08. The van der Waals surface area contributed by atoms with Gasteiger partial charge in [0, 0.05) is 5.69 Å². The number of nitrogens with zero attached hydrogens (tertiary/aromatic N) is 1. The van der Waals surface area contributed by atoms with E-state index in [1.54, 1.807) is 0 Å². The van der Waals surface area contributed by atoms with Crippen molar-refractivity contribution >= 4 is 29.4 Å². The van der Waals surface area contributed by atoms with Crippen LogP contribution < -0.4 is 5.32 Å². The Morgan fingerprint density at radius 1 is 1.14 bits per heavy atom. The minimum atomic E-state index is -1.07. The van der Waals surface area contributed by atoms with E-state index in [4.69, 9.17) is 4.74 Å². The fourth-order valence-electron chi connectivity index (χ4n) is 4.91. The lowest BCUT2D eigenvalue weighted by Crippen LogP contribution is -2.45. The lowest BCUT2D eigenvalue weighted by Gasteiger charge is -2.23. The molecular formula is C20H21FN2O5. The minimum absolute atomic E-state index is 0.237. The third kappa shape index (κ3) is 3.06. The second-order valence-corrected chi connectivity index (χ2v) is 7.77. The molecule has 7 nitrogen and oxygen atoms in total. The number of halogens is 1. The van der Waals surface area contributed by atoms with E-state index in [9.17, 15) is 23.6 Å². The van der Waals surface area contributed by atoms with Crippen molar-refractivity contribution in [3.8, 4) is 0 Å². The highest BCUT2D eigenvalue weighted by Crippen LogP contribution is 2.56. The smallest absolute Gasteiger partial charge is 0.329 e. The molecule has 2 aliphatic carbocycles. The van der Waals surface area contributed by atoms with Crippen LogP contribution in [-0.4, -0.2) is 41.2 Å². The number of benzene rings is 1. The number of rotatable bonds is 5. The van der Waals surface area contributed by atoms with Crippen molar-refractivity contribution in [1.29, 1.82) is 0 Å². The van der Waals surface area contributed by atoms with Gasteiger partial charge in [-0.1, -0.05) is 0 Å². The topological polar surface area (TPSA) is 92.8 Å². The zero-order chi connectivity index (χ0) is 20.0. The molecular weight excluding hydrogens is 367 g/mol. The second-order valence-electron chi connectivity index (χ2n) is 7.77. The van der Waals surface area contributed by atoms with Crippen molar-refractivity contribution < 1.29 is 28.3 Å². The molecule has 0 unspecified atom stereocenters. The summed E-state index contributed by atoms with van der Waals surface area (Å²) in [7, 11) is 0.